The number of nitrogen functional groups attached to an aromatic ring is 1. The van der Waals surface area contributed by atoms with E-state index >= 15 is 0 Å². The number of carbonyl (C=O) groups is 1. The van der Waals surface area contributed by atoms with Gasteiger partial charge < -0.3 is 16.4 Å². The molecule has 1 fully saturated rings. The number of sulfone groups is 1. The van der Waals surface area contributed by atoms with Gasteiger partial charge in [0.1, 0.15) is 0 Å². The lowest BCUT2D eigenvalue weighted by Gasteiger charge is -2.11. The molecule has 6 nitrogen and oxygen atoms in total. The number of amides is 2. The molecule has 0 spiro atoms. The molecule has 4 N–H and O–H groups in total. The molecule has 1 aliphatic rings. The zero-order chi connectivity index (χ0) is 13.9. The first-order valence-electron chi connectivity index (χ1n) is 6.05. The largest absolute Gasteiger partial charge is 0.399 e. The lowest BCUT2D eigenvalue weighted by molar-refractivity contribution is 0.250. The van der Waals surface area contributed by atoms with Gasteiger partial charge in [-0.2, -0.15) is 0 Å². The van der Waals surface area contributed by atoms with Crippen molar-refractivity contribution in [3.8, 4) is 0 Å². The Morgan fingerprint density at radius 1 is 1.32 bits per heavy atom. The minimum absolute atomic E-state index is 0.0159. The highest BCUT2D eigenvalue weighted by molar-refractivity contribution is 7.91. The van der Waals surface area contributed by atoms with E-state index in [2.05, 4.69) is 10.6 Å². The predicted molar refractivity (Wildman–Crippen MR) is 74.6 cm³/mol. The lowest BCUT2D eigenvalue weighted by Crippen LogP contribution is -2.33. The Kier molecular flexibility index (Phi) is 3.94. The molecule has 1 unspecified atom stereocenters. The van der Waals surface area contributed by atoms with E-state index in [1.807, 2.05) is 0 Å². The Bertz CT molecular complexity index is 554. The van der Waals surface area contributed by atoms with Crippen LogP contribution in [0.4, 0.5) is 16.2 Å². The Hall–Kier alpha value is -1.76. The van der Waals surface area contributed by atoms with Gasteiger partial charge in [0.15, 0.2) is 9.84 Å². The van der Waals surface area contributed by atoms with E-state index in [0.29, 0.717) is 24.3 Å². The first kappa shape index (κ1) is 13.7. The maximum absolute atomic E-state index is 11.6. The molecule has 104 valence electrons. The van der Waals surface area contributed by atoms with Gasteiger partial charge >= 0.3 is 6.03 Å². The fraction of sp³-hybridized carbons (Fsp3) is 0.417. The second kappa shape index (κ2) is 5.48. The summed E-state index contributed by atoms with van der Waals surface area (Å²) in [6.45, 7) is 0.375. The van der Waals surface area contributed by atoms with E-state index in [1.165, 1.54) is 0 Å². The number of carbonyl (C=O) groups excluding carboxylic acids is 1. The summed E-state index contributed by atoms with van der Waals surface area (Å²) >= 11 is 0. The number of nitrogens with one attached hydrogen (secondary N) is 2. The fourth-order valence-electron chi connectivity index (χ4n) is 2.01. The van der Waals surface area contributed by atoms with Crippen LogP contribution in [-0.2, 0) is 9.84 Å². The molecule has 19 heavy (non-hydrogen) atoms. The highest BCUT2D eigenvalue weighted by Gasteiger charge is 2.27. The molecule has 0 saturated carbocycles. The summed E-state index contributed by atoms with van der Waals surface area (Å²) in [5, 5.41) is 5.34. The summed E-state index contributed by atoms with van der Waals surface area (Å²) in [4.78, 5) is 11.6. The van der Waals surface area contributed by atoms with Gasteiger partial charge in [0.05, 0.1) is 11.5 Å². The normalized spacial score (nSPS) is 20.9. The third-order valence-electron chi connectivity index (χ3n) is 3.05. The Morgan fingerprint density at radius 2 is 2.00 bits per heavy atom. The average molecular weight is 283 g/mol. The molecule has 7 heteroatoms. The molecule has 1 aromatic carbocycles. The van der Waals surface area contributed by atoms with Crippen LogP contribution in [0.15, 0.2) is 24.3 Å². The number of nitrogens with two attached hydrogens (primary N) is 1. The van der Waals surface area contributed by atoms with Crippen LogP contribution in [0.2, 0.25) is 0 Å². The summed E-state index contributed by atoms with van der Waals surface area (Å²) < 4.78 is 22.5. The fourth-order valence-corrected chi connectivity index (χ4v) is 3.87. The van der Waals surface area contributed by atoms with Gasteiger partial charge in [-0.1, -0.05) is 0 Å². The van der Waals surface area contributed by atoms with E-state index in [1.54, 1.807) is 24.3 Å². The topological polar surface area (TPSA) is 101 Å². The zero-order valence-electron chi connectivity index (χ0n) is 10.4. The number of hydrogen-bond donors (Lipinski definition) is 3. The standard InChI is InChI=1S/C12H17N3O3S/c13-10-1-3-11(4-2-10)15-12(16)14-7-9-5-6-19(17,18)8-9/h1-4,9H,5-8,13H2,(H2,14,15,16). The molecule has 2 rings (SSSR count). The second-order valence-electron chi connectivity index (χ2n) is 4.73. The molecule has 2 amide bonds. The van der Waals surface area contributed by atoms with Crippen LogP contribution in [0.1, 0.15) is 6.42 Å². The SMILES string of the molecule is Nc1ccc(NC(=O)NCC2CCS(=O)(=O)C2)cc1. The number of urea groups is 1. The van der Waals surface area contributed by atoms with Crippen molar-refractivity contribution in [1.29, 1.82) is 0 Å². The quantitative estimate of drug-likeness (QED) is 0.715. The zero-order valence-corrected chi connectivity index (χ0v) is 11.2. The number of benzene rings is 1. The summed E-state index contributed by atoms with van der Waals surface area (Å²) in [6.07, 6.45) is 0.616. The van der Waals surface area contributed by atoms with Crippen LogP contribution in [-0.4, -0.2) is 32.5 Å². The molecule has 1 atom stereocenters. The summed E-state index contributed by atoms with van der Waals surface area (Å²) in [6, 6.07) is 6.46. The van der Waals surface area contributed by atoms with Gasteiger partial charge in [-0.25, -0.2) is 13.2 Å². The molecule has 0 aliphatic carbocycles. The van der Waals surface area contributed by atoms with Gasteiger partial charge in [-0.05, 0) is 36.6 Å². The summed E-state index contributed by atoms with van der Waals surface area (Å²) in [7, 11) is -2.89. The summed E-state index contributed by atoms with van der Waals surface area (Å²) in [5.74, 6) is 0.399. The van der Waals surface area contributed by atoms with E-state index in [9.17, 15) is 13.2 Å². The van der Waals surface area contributed by atoms with Crippen LogP contribution < -0.4 is 16.4 Å². The maximum Gasteiger partial charge on any atom is 0.319 e. The first-order valence-corrected chi connectivity index (χ1v) is 7.87. The van der Waals surface area contributed by atoms with E-state index in [-0.39, 0.29) is 23.5 Å². The Morgan fingerprint density at radius 3 is 2.58 bits per heavy atom. The number of rotatable bonds is 3. The highest BCUT2D eigenvalue weighted by atomic mass is 32.2. The van der Waals surface area contributed by atoms with Crippen LogP contribution in [0, 0.1) is 5.92 Å². The van der Waals surface area contributed by atoms with Gasteiger partial charge in [-0.3, -0.25) is 0 Å². The van der Waals surface area contributed by atoms with Crippen LogP contribution in [0.25, 0.3) is 0 Å². The monoisotopic (exact) mass is 283 g/mol. The molecule has 0 bridgehead atoms. The van der Waals surface area contributed by atoms with Gasteiger partial charge in [0, 0.05) is 17.9 Å². The highest BCUT2D eigenvalue weighted by Crippen LogP contribution is 2.17. The Labute approximate surface area is 112 Å². The van der Waals surface area contributed by atoms with Gasteiger partial charge in [0.25, 0.3) is 0 Å². The number of anilines is 2. The third kappa shape index (κ3) is 4.13. The van der Waals surface area contributed by atoms with Crippen molar-refractivity contribution in [3.63, 3.8) is 0 Å². The van der Waals surface area contributed by atoms with Crippen LogP contribution in [0.5, 0.6) is 0 Å². The van der Waals surface area contributed by atoms with Crippen molar-refractivity contribution in [3.05, 3.63) is 24.3 Å². The second-order valence-corrected chi connectivity index (χ2v) is 6.95. The number of hydrogen-bond acceptors (Lipinski definition) is 4. The third-order valence-corrected chi connectivity index (χ3v) is 4.88. The molecule has 0 radical (unpaired) electrons. The van der Waals surface area contributed by atoms with Crippen molar-refractivity contribution in [2.75, 3.05) is 29.1 Å². The molecular formula is C12H17N3O3S. The summed E-state index contributed by atoms with van der Waals surface area (Å²) in [5.41, 5.74) is 6.81. The molecular weight excluding hydrogens is 266 g/mol. The minimum atomic E-state index is -2.89. The average Bonchev–Trinajstić information content (AvgIpc) is 2.69. The molecule has 1 aliphatic heterocycles. The van der Waals surface area contributed by atoms with Crippen molar-refractivity contribution in [1.82, 2.24) is 5.32 Å². The van der Waals surface area contributed by atoms with Crippen molar-refractivity contribution in [2.24, 2.45) is 5.92 Å². The van der Waals surface area contributed by atoms with E-state index < -0.39 is 9.84 Å². The smallest absolute Gasteiger partial charge is 0.319 e. The van der Waals surface area contributed by atoms with Crippen LogP contribution >= 0.6 is 0 Å². The van der Waals surface area contributed by atoms with Crippen molar-refractivity contribution < 1.29 is 13.2 Å². The molecule has 0 aromatic heterocycles. The predicted octanol–water partition coefficient (Wildman–Crippen LogP) is 0.825. The minimum Gasteiger partial charge on any atom is -0.399 e. The molecule has 1 saturated heterocycles. The van der Waals surface area contributed by atoms with Crippen molar-refractivity contribution >= 4 is 27.2 Å². The lowest BCUT2D eigenvalue weighted by atomic mass is 10.1. The van der Waals surface area contributed by atoms with E-state index in [0.717, 1.165) is 0 Å². The Balaban J connectivity index is 1.78. The first-order chi connectivity index (χ1) is 8.94. The molecule has 1 heterocycles. The van der Waals surface area contributed by atoms with Gasteiger partial charge in [-0.15, -0.1) is 0 Å². The van der Waals surface area contributed by atoms with Crippen LogP contribution in [0.3, 0.4) is 0 Å². The van der Waals surface area contributed by atoms with E-state index in [4.69, 9.17) is 5.73 Å². The maximum atomic E-state index is 11.6. The van der Waals surface area contributed by atoms with Crippen molar-refractivity contribution in [2.45, 2.75) is 6.42 Å². The van der Waals surface area contributed by atoms with Gasteiger partial charge in [0.2, 0.25) is 0 Å². The molecule has 1 aromatic rings.